The van der Waals surface area contributed by atoms with E-state index >= 15 is 0 Å². The molecule has 8 heteroatoms. The van der Waals surface area contributed by atoms with E-state index in [9.17, 15) is 4.79 Å². The van der Waals surface area contributed by atoms with E-state index in [4.69, 9.17) is 19.2 Å². The van der Waals surface area contributed by atoms with Crippen molar-refractivity contribution in [2.45, 2.75) is 31.4 Å². The molecule has 0 aliphatic carbocycles. The Morgan fingerprint density at radius 3 is 2.39 bits per heavy atom. The van der Waals surface area contributed by atoms with E-state index in [0.29, 0.717) is 47.8 Å². The van der Waals surface area contributed by atoms with Crippen LogP contribution in [0.3, 0.4) is 0 Å². The number of nitrogens with one attached hydrogen (secondary N) is 1. The van der Waals surface area contributed by atoms with Gasteiger partial charge in [0.2, 0.25) is 5.75 Å². The predicted molar refractivity (Wildman–Crippen MR) is 125 cm³/mol. The van der Waals surface area contributed by atoms with E-state index in [2.05, 4.69) is 17.4 Å². The van der Waals surface area contributed by atoms with Crippen molar-refractivity contribution in [1.82, 2.24) is 4.98 Å². The lowest BCUT2D eigenvalue weighted by molar-refractivity contribution is 0.102. The molecule has 0 spiro atoms. The normalized spacial score (nSPS) is 12.0. The third kappa shape index (κ3) is 4.50. The molecule has 2 aromatic carbocycles. The summed E-state index contributed by atoms with van der Waals surface area (Å²) >= 11 is 3.30. The lowest BCUT2D eigenvalue weighted by Crippen LogP contribution is -2.13. The number of thioether (sulfide) groups is 1. The molecule has 1 aromatic heterocycles. The summed E-state index contributed by atoms with van der Waals surface area (Å²) < 4.78 is 17.2. The summed E-state index contributed by atoms with van der Waals surface area (Å²) in [6.45, 7) is 7.04. The third-order valence-corrected chi connectivity index (χ3v) is 6.84. The van der Waals surface area contributed by atoms with Crippen LogP contribution in [-0.2, 0) is 5.75 Å². The summed E-state index contributed by atoms with van der Waals surface area (Å²) in [6, 6.07) is 11.6. The molecule has 1 aliphatic heterocycles. The number of aromatic nitrogens is 1. The van der Waals surface area contributed by atoms with Crippen LogP contribution in [0.4, 0.5) is 5.13 Å². The van der Waals surface area contributed by atoms with Crippen LogP contribution < -0.4 is 19.5 Å². The molecule has 0 saturated heterocycles. The SMILES string of the molecule is CCOc1cc(C(=O)Nc2nc3c(s2)CSc2ccccc2-3)cc(OCC)c1OCC. The zero-order chi connectivity index (χ0) is 21.8. The predicted octanol–water partition coefficient (Wildman–Crippen LogP) is 5.86. The quantitative estimate of drug-likeness (QED) is 0.458. The van der Waals surface area contributed by atoms with Crippen molar-refractivity contribution < 1.29 is 19.0 Å². The van der Waals surface area contributed by atoms with Gasteiger partial charge in [0, 0.05) is 26.7 Å². The fourth-order valence-corrected chi connectivity index (χ4v) is 5.43. The molecule has 0 fully saturated rings. The van der Waals surface area contributed by atoms with E-state index in [-0.39, 0.29) is 5.91 Å². The van der Waals surface area contributed by atoms with E-state index in [1.54, 1.807) is 23.9 Å². The maximum Gasteiger partial charge on any atom is 0.257 e. The van der Waals surface area contributed by atoms with Gasteiger partial charge >= 0.3 is 0 Å². The first-order chi connectivity index (χ1) is 15.1. The van der Waals surface area contributed by atoms with Gasteiger partial charge in [-0.05, 0) is 39.0 Å². The summed E-state index contributed by atoms with van der Waals surface area (Å²) in [5.41, 5.74) is 2.49. The van der Waals surface area contributed by atoms with E-state index in [1.807, 2.05) is 32.9 Å². The van der Waals surface area contributed by atoms with Gasteiger partial charge in [-0.15, -0.1) is 23.1 Å². The molecule has 2 heterocycles. The molecule has 1 N–H and O–H groups in total. The number of carbonyl (C=O) groups excluding carboxylic acids is 1. The first kappa shape index (κ1) is 21.5. The van der Waals surface area contributed by atoms with Crippen molar-refractivity contribution in [2.24, 2.45) is 0 Å². The van der Waals surface area contributed by atoms with Crippen molar-refractivity contribution in [3.63, 3.8) is 0 Å². The molecule has 3 aromatic rings. The molecule has 0 radical (unpaired) electrons. The Bertz CT molecular complexity index is 1070. The highest BCUT2D eigenvalue weighted by molar-refractivity contribution is 7.98. The monoisotopic (exact) mass is 456 g/mol. The molecule has 31 heavy (non-hydrogen) atoms. The van der Waals surface area contributed by atoms with Gasteiger partial charge in [0.15, 0.2) is 16.6 Å². The molecule has 0 unspecified atom stereocenters. The summed E-state index contributed by atoms with van der Waals surface area (Å²) in [4.78, 5) is 20.1. The van der Waals surface area contributed by atoms with E-state index in [1.165, 1.54) is 16.2 Å². The van der Waals surface area contributed by atoms with Crippen LogP contribution in [0.5, 0.6) is 17.2 Å². The van der Waals surface area contributed by atoms with Crippen molar-refractivity contribution >= 4 is 34.1 Å². The number of thiazole rings is 1. The molecule has 1 amide bonds. The van der Waals surface area contributed by atoms with Crippen LogP contribution in [-0.4, -0.2) is 30.7 Å². The zero-order valence-corrected chi connectivity index (χ0v) is 19.3. The van der Waals surface area contributed by atoms with Gasteiger partial charge < -0.3 is 14.2 Å². The average molecular weight is 457 g/mol. The Hall–Kier alpha value is -2.71. The number of rotatable bonds is 8. The topological polar surface area (TPSA) is 69.7 Å². The van der Waals surface area contributed by atoms with Crippen molar-refractivity contribution in [1.29, 1.82) is 0 Å². The van der Waals surface area contributed by atoms with Gasteiger partial charge in [-0.25, -0.2) is 4.98 Å². The fourth-order valence-electron chi connectivity index (χ4n) is 3.33. The Labute approximate surface area is 189 Å². The van der Waals surface area contributed by atoms with Gasteiger partial charge in [-0.3, -0.25) is 10.1 Å². The largest absolute Gasteiger partial charge is 0.490 e. The van der Waals surface area contributed by atoms with Crippen LogP contribution in [0.1, 0.15) is 36.0 Å². The molecule has 1 aliphatic rings. The molecule has 162 valence electrons. The minimum Gasteiger partial charge on any atom is -0.490 e. The number of fused-ring (bicyclic) bond motifs is 3. The second-order valence-electron chi connectivity index (χ2n) is 6.63. The Morgan fingerprint density at radius 1 is 1.03 bits per heavy atom. The lowest BCUT2D eigenvalue weighted by atomic mass is 10.1. The summed E-state index contributed by atoms with van der Waals surface area (Å²) in [7, 11) is 0. The van der Waals surface area contributed by atoms with E-state index in [0.717, 1.165) is 21.9 Å². The number of carbonyl (C=O) groups is 1. The number of nitrogens with zero attached hydrogens (tertiary/aromatic N) is 1. The van der Waals surface area contributed by atoms with Crippen molar-refractivity contribution in [3.8, 4) is 28.5 Å². The highest BCUT2D eigenvalue weighted by Crippen LogP contribution is 2.44. The van der Waals surface area contributed by atoms with Crippen LogP contribution in [0.2, 0.25) is 0 Å². The molecule has 0 bridgehead atoms. The molecular weight excluding hydrogens is 432 g/mol. The summed E-state index contributed by atoms with van der Waals surface area (Å²) in [5.74, 6) is 2.08. The maximum absolute atomic E-state index is 13.1. The first-order valence-electron chi connectivity index (χ1n) is 10.2. The van der Waals surface area contributed by atoms with Gasteiger partial charge in [0.25, 0.3) is 5.91 Å². The minimum atomic E-state index is -0.267. The second kappa shape index (κ2) is 9.62. The lowest BCUT2D eigenvalue weighted by Gasteiger charge is -2.16. The highest BCUT2D eigenvalue weighted by Gasteiger charge is 2.23. The Kier molecular flexibility index (Phi) is 6.67. The molecule has 4 rings (SSSR count). The van der Waals surface area contributed by atoms with Gasteiger partial charge in [-0.1, -0.05) is 18.2 Å². The van der Waals surface area contributed by atoms with E-state index < -0.39 is 0 Å². The third-order valence-electron chi connectivity index (χ3n) is 4.59. The summed E-state index contributed by atoms with van der Waals surface area (Å²) in [5, 5.41) is 3.52. The Morgan fingerprint density at radius 2 is 1.71 bits per heavy atom. The maximum atomic E-state index is 13.1. The van der Waals surface area contributed by atoms with Crippen LogP contribution >= 0.6 is 23.1 Å². The fraction of sp³-hybridized carbons (Fsp3) is 0.304. The van der Waals surface area contributed by atoms with Gasteiger partial charge in [0.05, 0.1) is 25.5 Å². The summed E-state index contributed by atoms with van der Waals surface area (Å²) in [6.07, 6.45) is 0. The van der Waals surface area contributed by atoms with Gasteiger partial charge in [-0.2, -0.15) is 0 Å². The van der Waals surface area contributed by atoms with Gasteiger partial charge in [0.1, 0.15) is 0 Å². The minimum absolute atomic E-state index is 0.267. The smallest absolute Gasteiger partial charge is 0.257 e. The number of hydrogen-bond acceptors (Lipinski definition) is 7. The van der Waals surface area contributed by atoms with Crippen molar-refractivity contribution in [2.75, 3.05) is 25.1 Å². The van der Waals surface area contributed by atoms with Crippen LogP contribution in [0.15, 0.2) is 41.3 Å². The second-order valence-corrected chi connectivity index (χ2v) is 8.73. The zero-order valence-electron chi connectivity index (χ0n) is 17.7. The average Bonchev–Trinajstić information content (AvgIpc) is 3.19. The highest BCUT2D eigenvalue weighted by atomic mass is 32.2. The number of amides is 1. The first-order valence-corrected chi connectivity index (χ1v) is 12.0. The Balaban J connectivity index is 1.63. The molecule has 6 nitrogen and oxygen atoms in total. The number of hydrogen-bond donors (Lipinski definition) is 1. The molecule has 0 saturated carbocycles. The van der Waals surface area contributed by atoms with Crippen molar-refractivity contribution in [3.05, 3.63) is 46.8 Å². The molecular formula is C23H24N2O4S2. The number of ether oxygens (including phenoxy) is 3. The van der Waals surface area contributed by atoms with Crippen LogP contribution in [0.25, 0.3) is 11.3 Å². The standard InChI is InChI=1S/C23H24N2O4S2/c1-4-27-16-11-14(12-17(28-5-2)21(16)29-6-3)22(26)25-23-24-20-15-9-7-8-10-18(15)30-13-19(20)31-23/h7-12H,4-6,13H2,1-3H3,(H,24,25,26). The number of benzene rings is 2. The molecule has 0 atom stereocenters. The number of anilines is 1. The van der Waals surface area contributed by atoms with Crippen LogP contribution in [0, 0.1) is 0 Å².